The first-order valence-corrected chi connectivity index (χ1v) is 7.31. The lowest BCUT2D eigenvalue weighted by Crippen LogP contribution is -2.06. The van der Waals surface area contributed by atoms with Gasteiger partial charge < -0.3 is 9.30 Å². The lowest BCUT2D eigenvalue weighted by molar-refractivity contribution is 0.398. The van der Waals surface area contributed by atoms with E-state index in [4.69, 9.17) is 16.3 Å². The Bertz CT molecular complexity index is 577. The second-order valence-electron chi connectivity index (χ2n) is 5.05. The van der Waals surface area contributed by atoms with E-state index >= 15 is 0 Å². The first kappa shape index (κ1) is 12.7. The molecule has 102 valence electrons. The van der Waals surface area contributed by atoms with Gasteiger partial charge in [-0.05, 0) is 18.4 Å². The molecule has 0 aliphatic heterocycles. The van der Waals surface area contributed by atoms with Crippen molar-refractivity contribution in [2.75, 3.05) is 13.0 Å². The van der Waals surface area contributed by atoms with Crippen molar-refractivity contribution in [2.24, 2.45) is 5.92 Å². The van der Waals surface area contributed by atoms with E-state index < -0.39 is 0 Å². The van der Waals surface area contributed by atoms with Crippen molar-refractivity contribution in [3.63, 3.8) is 0 Å². The van der Waals surface area contributed by atoms with Crippen molar-refractivity contribution in [1.29, 1.82) is 0 Å². The molecule has 5 heteroatoms. The molecule has 1 saturated carbocycles. The highest BCUT2D eigenvalue weighted by molar-refractivity contribution is 6.17. The number of ether oxygens (including phenoxy) is 1. The van der Waals surface area contributed by atoms with Crippen LogP contribution in [0.3, 0.4) is 0 Å². The van der Waals surface area contributed by atoms with E-state index in [1.807, 2.05) is 12.1 Å². The van der Waals surface area contributed by atoms with Crippen LogP contribution >= 0.6 is 11.6 Å². The topological polar surface area (TPSA) is 39.9 Å². The van der Waals surface area contributed by atoms with Crippen LogP contribution in [-0.2, 0) is 13.0 Å². The number of hydrogen-bond donors (Lipinski definition) is 0. The number of pyridine rings is 1. The normalized spacial score (nSPS) is 15.1. The number of aromatic nitrogens is 3. The second-order valence-corrected chi connectivity index (χ2v) is 5.43. The molecule has 2 aromatic rings. The molecule has 4 nitrogen and oxygen atoms in total. The van der Waals surface area contributed by atoms with Crippen LogP contribution in [0.2, 0.25) is 0 Å². The average molecular weight is 280 g/mol. The monoisotopic (exact) mass is 279 g/mol. The summed E-state index contributed by atoms with van der Waals surface area (Å²) in [6, 6.07) is 3.82. The Morgan fingerprint density at radius 3 is 2.89 bits per heavy atom. The van der Waals surface area contributed by atoms with Crippen LogP contribution in [0.15, 0.2) is 12.1 Å². The van der Waals surface area contributed by atoms with Gasteiger partial charge in [0, 0.05) is 24.9 Å². The zero-order valence-electron chi connectivity index (χ0n) is 11.1. The Morgan fingerprint density at radius 2 is 2.21 bits per heavy atom. The Hall–Kier alpha value is -1.29. The molecule has 1 fully saturated rings. The summed E-state index contributed by atoms with van der Waals surface area (Å²) in [6.07, 6.45) is 4.73. The molecule has 0 aromatic carbocycles. The molecule has 0 amide bonds. The predicted molar refractivity (Wildman–Crippen MR) is 75.8 cm³/mol. The molecule has 1 aliphatic carbocycles. The summed E-state index contributed by atoms with van der Waals surface area (Å²) in [7, 11) is 1.64. The van der Waals surface area contributed by atoms with Gasteiger partial charge in [-0.2, -0.15) is 4.98 Å². The summed E-state index contributed by atoms with van der Waals surface area (Å²) in [5.74, 6) is 3.15. The second kappa shape index (κ2) is 5.37. The molecule has 2 heterocycles. The van der Waals surface area contributed by atoms with Crippen molar-refractivity contribution >= 4 is 22.8 Å². The first-order chi connectivity index (χ1) is 9.31. The quantitative estimate of drug-likeness (QED) is 0.763. The summed E-state index contributed by atoms with van der Waals surface area (Å²) < 4.78 is 7.41. The van der Waals surface area contributed by atoms with Gasteiger partial charge in [0.25, 0.3) is 0 Å². The van der Waals surface area contributed by atoms with Gasteiger partial charge in [-0.1, -0.05) is 12.8 Å². The fourth-order valence-corrected chi connectivity index (χ4v) is 2.54. The predicted octanol–water partition coefficient (Wildman–Crippen LogP) is 3.02. The summed E-state index contributed by atoms with van der Waals surface area (Å²) in [4.78, 5) is 9.17. The van der Waals surface area contributed by atoms with Crippen molar-refractivity contribution < 1.29 is 4.74 Å². The molecule has 0 N–H and O–H groups in total. The lowest BCUT2D eigenvalue weighted by atomic mass is 10.3. The van der Waals surface area contributed by atoms with E-state index in [-0.39, 0.29) is 0 Å². The molecule has 0 saturated heterocycles. The summed E-state index contributed by atoms with van der Waals surface area (Å²) >= 11 is 5.87. The van der Waals surface area contributed by atoms with Crippen LogP contribution in [0.4, 0.5) is 0 Å². The summed E-state index contributed by atoms with van der Waals surface area (Å²) in [5.41, 5.74) is 1.84. The maximum atomic E-state index is 5.87. The fourth-order valence-electron chi connectivity index (χ4n) is 2.37. The van der Waals surface area contributed by atoms with Crippen LogP contribution in [0.1, 0.15) is 25.1 Å². The third-order valence-electron chi connectivity index (χ3n) is 3.63. The number of methoxy groups -OCH3 is 1. The zero-order valence-corrected chi connectivity index (χ0v) is 11.9. The summed E-state index contributed by atoms with van der Waals surface area (Å²) in [5, 5.41) is 0. The van der Waals surface area contributed by atoms with E-state index in [0.717, 1.165) is 35.9 Å². The molecule has 0 radical (unpaired) electrons. The highest BCUT2D eigenvalue weighted by Crippen LogP contribution is 2.33. The highest BCUT2D eigenvalue weighted by atomic mass is 35.5. The number of aryl methyl sites for hydroxylation is 2. The Kier molecular flexibility index (Phi) is 3.60. The van der Waals surface area contributed by atoms with E-state index in [0.29, 0.717) is 11.8 Å². The molecule has 0 spiro atoms. The standard InChI is InChI=1S/C14H18ClN3O/c1-19-13-5-4-11-14(17-13)18(9-7-10-2-3-10)12(16-11)6-8-15/h4-5,10H,2-3,6-9H2,1H3. The third-order valence-corrected chi connectivity index (χ3v) is 3.82. The Balaban J connectivity index is 1.98. The van der Waals surface area contributed by atoms with E-state index in [1.54, 1.807) is 7.11 Å². The maximum Gasteiger partial charge on any atom is 0.215 e. The first-order valence-electron chi connectivity index (χ1n) is 6.78. The summed E-state index contributed by atoms with van der Waals surface area (Å²) in [6.45, 7) is 0.980. The van der Waals surface area contributed by atoms with Gasteiger partial charge in [0.1, 0.15) is 11.3 Å². The highest BCUT2D eigenvalue weighted by Gasteiger charge is 2.22. The number of imidazole rings is 1. The van der Waals surface area contributed by atoms with Crippen LogP contribution in [0, 0.1) is 5.92 Å². The third kappa shape index (κ3) is 2.68. The minimum atomic E-state index is 0.587. The smallest absolute Gasteiger partial charge is 0.215 e. The van der Waals surface area contributed by atoms with E-state index in [2.05, 4.69) is 14.5 Å². The molecule has 0 bridgehead atoms. The van der Waals surface area contributed by atoms with Gasteiger partial charge in [0.05, 0.1) is 7.11 Å². The molecule has 0 atom stereocenters. The average Bonchev–Trinajstić information content (AvgIpc) is 3.19. The number of hydrogen-bond acceptors (Lipinski definition) is 3. The molecule has 19 heavy (non-hydrogen) atoms. The van der Waals surface area contributed by atoms with Gasteiger partial charge in [0.15, 0.2) is 5.65 Å². The Labute approximate surface area is 117 Å². The van der Waals surface area contributed by atoms with Crippen LogP contribution in [0.5, 0.6) is 5.88 Å². The minimum absolute atomic E-state index is 0.587. The Morgan fingerprint density at radius 1 is 1.37 bits per heavy atom. The molecule has 2 aromatic heterocycles. The van der Waals surface area contributed by atoms with Crippen molar-refractivity contribution in [1.82, 2.24) is 14.5 Å². The molecular weight excluding hydrogens is 262 g/mol. The van der Waals surface area contributed by atoms with Crippen molar-refractivity contribution in [2.45, 2.75) is 32.2 Å². The van der Waals surface area contributed by atoms with E-state index in [1.165, 1.54) is 19.3 Å². The lowest BCUT2D eigenvalue weighted by Gasteiger charge is -2.07. The van der Waals surface area contributed by atoms with Crippen LogP contribution < -0.4 is 4.74 Å². The largest absolute Gasteiger partial charge is 0.481 e. The number of halogens is 1. The van der Waals surface area contributed by atoms with Gasteiger partial charge in [-0.3, -0.25) is 0 Å². The molecule has 3 rings (SSSR count). The minimum Gasteiger partial charge on any atom is -0.481 e. The van der Waals surface area contributed by atoms with Gasteiger partial charge in [-0.25, -0.2) is 4.98 Å². The number of nitrogens with zero attached hydrogens (tertiary/aromatic N) is 3. The SMILES string of the molecule is COc1ccc2nc(CCCl)n(CCC3CC3)c2n1. The van der Waals surface area contributed by atoms with Crippen molar-refractivity contribution in [3.05, 3.63) is 18.0 Å². The van der Waals surface area contributed by atoms with Gasteiger partial charge in [-0.15, -0.1) is 11.6 Å². The molecule has 1 aliphatic rings. The fraction of sp³-hybridized carbons (Fsp3) is 0.571. The van der Waals surface area contributed by atoms with E-state index in [9.17, 15) is 0 Å². The number of alkyl halides is 1. The number of fused-ring (bicyclic) bond motifs is 1. The molecule has 0 unspecified atom stereocenters. The molecular formula is C14H18ClN3O. The van der Waals surface area contributed by atoms with Gasteiger partial charge >= 0.3 is 0 Å². The van der Waals surface area contributed by atoms with Crippen LogP contribution in [0.25, 0.3) is 11.2 Å². The van der Waals surface area contributed by atoms with Crippen LogP contribution in [-0.4, -0.2) is 27.5 Å². The van der Waals surface area contributed by atoms with Crippen molar-refractivity contribution in [3.8, 4) is 5.88 Å². The maximum absolute atomic E-state index is 5.87. The zero-order chi connectivity index (χ0) is 13.2. The number of rotatable bonds is 6. The van der Waals surface area contributed by atoms with Gasteiger partial charge in [0.2, 0.25) is 5.88 Å².